The number of aromatic nitrogens is 2. The Bertz CT molecular complexity index is 825. The van der Waals surface area contributed by atoms with Gasteiger partial charge in [-0.25, -0.2) is 4.68 Å². The van der Waals surface area contributed by atoms with Crippen LogP contribution >= 0.6 is 12.4 Å². The zero-order valence-electron chi connectivity index (χ0n) is 15.4. The van der Waals surface area contributed by atoms with Crippen molar-refractivity contribution in [2.24, 2.45) is 11.7 Å². The Hall–Kier alpha value is -1.85. The minimum absolute atomic E-state index is 0. The first-order valence-corrected chi connectivity index (χ1v) is 9.28. The van der Waals surface area contributed by atoms with Gasteiger partial charge >= 0.3 is 0 Å². The minimum atomic E-state index is -0.0657. The highest BCUT2D eigenvalue weighted by Crippen LogP contribution is 2.33. The Kier molecular flexibility index (Phi) is 5.39. The highest BCUT2D eigenvalue weighted by atomic mass is 35.5. The second kappa shape index (κ2) is 7.41. The molecule has 0 aliphatic heterocycles. The summed E-state index contributed by atoms with van der Waals surface area (Å²) in [7, 11) is 0. The summed E-state index contributed by atoms with van der Waals surface area (Å²) in [5, 5.41) is 7.85. The van der Waals surface area contributed by atoms with Gasteiger partial charge in [-0.1, -0.05) is 17.7 Å². The summed E-state index contributed by atoms with van der Waals surface area (Å²) in [4.78, 5) is 12.8. The van der Waals surface area contributed by atoms with Gasteiger partial charge in [-0.3, -0.25) is 4.79 Å². The minimum Gasteiger partial charge on any atom is -0.346 e. The molecule has 26 heavy (non-hydrogen) atoms. The number of hydrogen-bond donors (Lipinski definition) is 2. The van der Waals surface area contributed by atoms with Gasteiger partial charge in [-0.05, 0) is 63.5 Å². The molecule has 0 spiro atoms. The van der Waals surface area contributed by atoms with E-state index in [1.54, 1.807) is 0 Å². The third-order valence-electron chi connectivity index (χ3n) is 5.49. The highest BCUT2D eigenvalue weighted by molar-refractivity contribution is 5.94. The molecule has 4 rings (SSSR count). The van der Waals surface area contributed by atoms with Gasteiger partial charge in [-0.2, -0.15) is 5.10 Å². The number of rotatable bonds is 5. The number of nitrogens with two attached hydrogens (primary N) is 1. The smallest absolute Gasteiger partial charge is 0.272 e. The van der Waals surface area contributed by atoms with Crippen LogP contribution in [0.25, 0.3) is 5.69 Å². The van der Waals surface area contributed by atoms with E-state index in [9.17, 15) is 4.79 Å². The number of halogens is 1. The average Bonchev–Trinajstić information content (AvgIpc) is 3.20. The lowest BCUT2D eigenvalue weighted by atomic mass is 10.1. The van der Waals surface area contributed by atoms with E-state index in [0.29, 0.717) is 18.2 Å². The van der Waals surface area contributed by atoms with E-state index in [0.717, 1.165) is 43.4 Å². The number of carbonyl (C=O) groups excluding carboxylic acids is 1. The van der Waals surface area contributed by atoms with Crippen molar-refractivity contribution in [1.29, 1.82) is 0 Å². The lowest BCUT2D eigenvalue weighted by Gasteiger charge is -2.15. The molecular weight excluding hydrogens is 348 g/mol. The molecule has 1 amide bonds. The standard InChI is InChI=1S/C20H26N4O.ClH/c1-12-6-9-17(13(2)10-12)24-18-5-3-4-15(18)19(23-24)20(25)22-16(11-21)14-7-8-14;/h6,9-10,14,16H,3-5,7-8,11,21H2,1-2H3,(H,22,25);1H. The number of hydrogen-bond acceptors (Lipinski definition) is 3. The van der Waals surface area contributed by atoms with Crippen molar-refractivity contribution in [3.63, 3.8) is 0 Å². The first kappa shape index (κ1) is 18.9. The summed E-state index contributed by atoms with van der Waals surface area (Å²) >= 11 is 0. The van der Waals surface area contributed by atoms with Crippen LogP contribution in [0, 0.1) is 19.8 Å². The zero-order valence-corrected chi connectivity index (χ0v) is 16.2. The van der Waals surface area contributed by atoms with Crippen LogP contribution in [0.2, 0.25) is 0 Å². The van der Waals surface area contributed by atoms with Crippen LogP contribution in [0.4, 0.5) is 0 Å². The van der Waals surface area contributed by atoms with E-state index >= 15 is 0 Å². The predicted octanol–water partition coefficient (Wildman–Crippen LogP) is 2.87. The van der Waals surface area contributed by atoms with Gasteiger partial charge in [0.1, 0.15) is 0 Å². The summed E-state index contributed by atoms with van der Waals surface area (Å²) in [5.41, 5.74) is 12.2. The quantitative estimate of drug-likeness (QED) is 0.845. The van der Waals surface area contributed by atoms with Crippen LogP contribution in [-0.4, -0.2) is 28.3 Å². The van der Waals surface area contributed by atoms with Crippen LogP contribution in [-0.2, 0) is 12.8 Å². The van der Waals surface area contributed by atoms with Gasteiger partial charge in [0.25, 0.3) is 5.91 Å². The van der Waals surface area contributed by atoms with Gasteiger partial charge in [0.2, 0.25) is 0 Å². The number of benzene rings is 1. The van der Waals surface area contributed by atoms with E-state index in [1.165, 1.54) is 16.8 Å². The van der Waals surface area contributed by atoms with Crippen molar-refractivity contribution in [3.05, 3.63) is 46.3 Å². The van der Waals surface area contributed by atoms with Crippen LogP contribution in [0.5, 0.6) is 0 Å². The van der Waals surface area contributed by atoms with E-state index in [1.807, 2.05) is 4.68 Å². The topological polar surface area (TPSA) is 72.9 Å². The molecule has 1 saturated carbocycles. The molecule has 1 fully saturated rings. The lowest BCUT2D eigenvalue weighted by molar-refractivity contribution is 0.0927. The number of aryl methyl sites for hydroxylation is 2. The molecule has 140 valence electrons. The van der Waals surface area contributed by atoms with Crippen molar-refractivity contribution in [2.75, 3.05) is 6.54 Å². The van der Waals surface area contributed by atoms with Crippen LogP contribution in [0.15, 0.2) is 18.2 Å². The van der Waals surface area contributed by atoms with E-state index in [4.69, 9.17) is 10.8 Å². The van der Waals surface area contributed by atoms with Crippen molar-refractivity contribution < 1.29 is 4.79 Å². The molecule has 5 nitrogen and oxygen atoms in total. The lowest BCUT2D eigenvalue weighted by Crippen LogP contribution is -2.42. The molecule has 1 unspecified atom stereocenters. The van der Waals surface area contributed by atoms with Crippen molar-refractivity contribution in [3.8, 4) is 5.69 Å². The fourth-order valence-electron chi connectivity index (χ4n) is 3.97. The average molecular weight is 375 g/mol. The Morgan fingerprint density at radius 3 is 2.77 bits per heavy atom. The Balaban J connectivity index is 0.00000196. The number of fused-ring (bicyclic) bond motifs is 1. The molecule has 2 aliphatic carbocycles. The van der Waals surface area contributed by atoms with Crippen LogP contribution in [0.1, 0.15) is 52.1 Å². The van der Waals surface area contributed by atoms with Crippen molar-refractivity contribution in [2.45, 2.75) is 52.0 Å². The molecule has 1 atom stereocenters. The summed E-state index contributed by atoms with van der Waals surface area (Å²) in [6.45, 7) is 4.69. The number of amides is 1. The molecule has 1 aromatic heterocycles. The van der Waals surface area contributed by atoms with Gasteiger partial charge in [-0.15, -0.1) is 12.4 Å². The Labute approximate surface area is 160 Å². The molecule has 6 heteroatoms. The Morgan fingerprint density at radius 1 is 1.35 bits per heavy atom. The molecule has 0 bridgehead atoms. The van der Waals surface area contributed by atoms with Gasteiger partial charge in [0.15, 0.2) is 5.69 Å². The third-order valence-corrected chi connectivity index (χ3v) is 5.49. The van der Waals surface area contributed by atoms with Crippen molar-refractivity contribution >= 4 is 18.3 Å². The largest absolute Gasteiger partial charge is 0.346 e. The Morgan fingerprint density at radius 2 is 2.12 bits per heavy atom. The molecule has 1 heterocycles. The maximum Gasteiger partial charge on any atom is 0.272 e. The third kappa shape index (κ3) is 3.38. The summed E-state index contributed by atoms with van der Waals surface area (Å²) < 4.78 is 1.99. The first-order valence-electron chi connectivity index (χ1n) is 9.28. The number of carbonyl (C=O) groups is 1. The normalized spacial score (nSPS) is 16.7. The molecule has 1 aromatic carbocycles. The summed E-state index contributed by atoms with van der Waals surface area (Å²) in [6, 6.07) is 6.44. The molecule has 2 aliphatic rings. The van der Waals surface area contributed by atoms with Crippen molar-refractivity contribution in [1.82, 2.24) is 15.1 Å². The second-order valence-electron chi connectivity index (χ2n) is 7.48. The van der Waals surface area contributed by atoms with Gasteiger partial charge in [0.05, 0.1) is 5.69 Å². The monoisotopic (exact) mass is 374 g/mol. The maximum absolute atomic E-state index is 12.8. The fraction of sp³-hybridized carbons (Fsp3) is 0.500. The van der Waals surface area contributed by atoms with Gasteiger partial charge < -0.3 is 11.1 Å². The van der Waals surface area contributed by atoms with Crippen LogP contribution in [0.3, 0.4) is 0 Å². The molecule has 0 saturated heterocycles. The molecule has 2 aromatic rings. The number of nitrogens with zero attached hydrogens (tertiary/aromatic N) is 2. The van der Waals surface area contributed by atoms with Crippen LogP contribution < -0.4 is 11.1 Å². The van der Waals surface area contributed by atoms with E-state index in [2.05, 4.69) is 37.4 Å². The summed E-state index contributed by atoms with van der Waals surface area (Å²) in [5.74, 6) is 0.479. The second-order valence-corrected chi connectivity index (χ2v) is 7.48. The SMILES string of the molecule is Cc1ccc(-n2nc(C(=O)NC(CN)C3CC3)c3c2CCC3)c(C)c1.Cl. The molecular formula is C20H27ClN4O. The fourth-order valence-corrected chi connectivity index (χ4v) is 3.97. The number of nitrogens with one attached hydrogen (secondary N) is 1. The first-order chi connectivity index (χ1) is 12.1. The van der Waals surface area contributed by atoms with Gasteiger partial charge in [0, 0.05) is 23.8 Å². The maximum atomic E-state index is 12.8. The molecule has 3 N–H and O–H groups in total. The zero-order chi connectivity index (χ0) is 17.6. The van der Waals surface area contributed by atoms with E-state index < -0.39 is 0 Å². The van der Waals surface area contributed by atoms with E-state index in [-0.39, 0.29) is 24.4 Å². The highest BCUT2D eigenvalue weighted by Gasteiger charge is 2.33. The summed E-state index contributed by atoms with van der Waals surface area (Å²) in [6.07, 6.45) is 5.32. The molecule has 0 radical (unpaired) electrons. The predicted molar refractivity (Wildman–Crippen MR) is 105 cm³/mol.